The molecule has 0 amide bonds. The van der Waals surface area contributed by atoms with E-state index in [0.717, 1.165) is 5.56 Å². The molecular weight excluding hydrogens is 226 g/mol. The van der Waals surface area contributed by atoms with Gasteiger partial charge in [-0.1, -0.05) is 6.07 Å². The first-order chi connectivity index (χ1) is 8.04. The van der Waals surface area contributed by atoms with Crippen molar-refractivity contribution in [3.05, 3.63) is 34.9 Å². The van der Waals surface area contributed by atoms with E-state index in [4.69, 9.17) is 29.8 Å². The van der Waals surface area contributed by atoms with Gasteiger partial charge in [0.1, 0.15) is 0 Å². The van der Waals surface area contributed by atoms with E-state index >= 15 is 0 Å². The fraction of sp³-hybridized carbons (Fsp3) is 0.182. The number of nitrogens with zero attached hydrogens (tertiary/aromatic N) is 1. The van der Waals surface area contributed by atoms with Gasteiger partial charge in [0.15, 0.2) is 0 Å². The predicted octanol–water partition coefficient (Wildman–Crippen LogP) is 0.744. The van der Waals surface area contributed by atoms with Gasteiger partial charge in [0, 0.05) is 0 Å². The van der Waals surface area contributed by atoms with E-state index < -0.39 is 11.9 Å². The lowest BCUT2D eigenvalue weighted by molar-refractivity contribution is -0.159. The molecule has 1 aliphatic heterocycles. The van der Waals surface area contributed by atoms with E-state index in [1.807, 2.05) is 18.2 Å². The summed E-state index contributed by atoms with van der Waals surface area (Å²) in [6.07, 6.45) is 0. The van der Waals surface area contributed by atoms with Gasteiger partial charge in [0.25, 0.3) is 0 Å². The number of ether oxygens (including phenoxy) is 1. The number of benzene rings is 1. The maximum Gasteiger partial charge on any atom is 0.414 e. The summed E-state index contributed by atoms with van der Waals surface area (Å²) in [6, 6.07) is 7.78. The third-order valence-electron chi connectivity index (χ3n) is 2.03. The zero-order chi connectivity index (χ0) is 12.8. The van der Waals surface area contributed by atoms with Crippen LogP contribution in [-0.2, 0) is 27.5 Å². The molecule has 88 valence electrons. The third-order valence-corrected chi connectivity index (χ3v) is 2.03. The van der Waals surface area contributed by atoms with Crippen LogP contribution in [0.1, 0.15) is 16.7 Å². The summed E-state index contributed by atoms with van der Waals surface area (Å²) in [4.78, 5) is 18.2. The van der Waals surface area contributed by atoms with Gasteiger partial charge in [-0.05, 0) is 23.3 Å². The first-order valence-corrected chi connectivity index (χ1v) is 4.60. The Hall–Kier alpha value is -2.39. The molecule has 17 heavy (non-hydrogen) atoms. The van der Waals surface area contributed by atoms with Gasteiger partial charge in [-0.25, -0.2) is 9.59 Å². The summed E-state index contributed by atoms with van der Waals surface area (Å²) >= 11 is 0. The lowest BCUT2D eigenvalue weighted by Gasteiger charge is -1.94. The molecule has 1 heterocycles. The van der Waals surface area contributed by atoms with Crippen LogP contribution in [0.15, 0.2) is 18.2 Å². The summed E-state index contributed by atoms with van der Waals surface area (Å²) in [6.45, 7) is 1.35. The topological polar surface area (TPSA) is 108 Å². The standard InChI is InChI=1S/C9H7NO.C2H2O4/c10-4-7-1-2-8-5-11-6-9(8)3-7;3-1(4)2(5)6/h1-3H,5-6H2;(H,3,4)(H,5,6). The Kier molecular flexibility index (Phi) is 4.20. The molecule has 0 radical (unpaired) electrons. The quantitative estimate of drug-likeness (QED) is 0.642. The maximum atomic E-state index is 9.10. The van der Waals surface area contributed by atoms with Crippen molar-refractivity contribution >= 4 is 11.9 Å². The lowest BCUT2D eigenvalue weighted by Crippen LogP contribution is -2.09. The molecule has 0 aliphatic carbocycles. The van der Waals surface area contributed by atoms with Gasteiger partial charge in [-0.15, -0.1) is 0 Å². The van der Waals surface area contributed by atoms with Crippen LogP contribution in [0.5, 0.6) is 0 Å². The summed E-state index contributed by atoms with van der Waals surface area (Å²) in [7, 11) is 0. The van der Waals surface area contributed by atoms with E-state index in [1.165, 1.54) is 5.56 Å². The Balaban J connectivity index is 0.000000209. The molecule has 0 aromatic heterocycles. The van der Waals surface area contributed by atoms with Crippen LogP contribution in [0, 0.1) is 11.3 Å². The van der Waals surface area contributed by atoms with Crippen molar-refractivity contribution in [2.75, 3.05) is 0 Å². The SMILES string of the molecule is N#Cc1ccc2c(c1)COC2.O=C(O)C(=O)O. The average molecular weight is 235 g/mol. The number of carboxylic acid groups (broad SMARTS) is 2. The normalized spacial score (nSPS) is 11.7. The van der Waals surface area contributed by atoms with Crippen molar-refractivity contribution in [1.29, 1.82) is 5.26 Å². The molecule has 0 bridgehead atoms. The summed E-state index contributed by atoms with van der Waals surface area (Å²) in [5.41, 5.74) is 3.09. The van der Waals surface area contributed by atoms with Crippen LogP contribution >= 0.6 is 0 Å². The second kappa shape index (κ2) is 5.63. The number of hydrogen-bond donors (Lipinski definition) is 2. The minimum absolute atomic E-state index is 0.658. The van der Waals surface area contributed by atoms with Gasteiger partial charge in [-0.2, -0.15) is 5.26 Å². The monoisotopic (exact) mass is 235 g/mol. The highest BCUT2D eigenvalue weighted by Gasteiger charge is 2.10. The number of nitriles is 1. The highest BCUT2D eigenvalue weighted by Crippen LogP contribution is 2.20. The van der Waals surface area contributed by atoms with Crippen LogP contribution in [0.3, 0.4) is 0 Å². The van der Waals surface area contributed by atoms with Crippen LogP contribution < -0.4 is 0 Å². The Morgan fingerprint density at radius 2 is 1.76 bits per heavy atom. The largest absolute Gasteiger partial charge is 0.473 e. The molecule has 0 spiro atoms. The zero-order valence-corrected chi connectivity index (χ0v) is 8.71. The van der Waals surface area contributed by atoms with E-state index in [1.54, 1.807) is 0 Å². The highest BCUT2D eigenvalue weighted by molar-refractivity contribution is 6.27. The third kappa shape index (κ3) is 3.59. The van der Waals surface area contributed by atoms with Crippen molar-refractivity contribution in [2.45, 2.75) is 13.2 Å². The van der Waals surface area contributed by atoms with Crippen LogP contribution in [-0.4, -0.2) is 22.2 Å². The zero-order valence-electron chi connectivity index (χ0n) is 8.71. The first-order valence-electron chi connectivity index (χ1n) is 4.60. The summed E-state index contributed by atoms with van der Waals surface area (Å²) < 4.78 is 5.20. The molecular formula is C11H9NO5. The number of hydrogen-bond acceptors (Lipinski definition) is 4. The molecule has 0 atom stereocenters. The Morgan fingerprint density at radius 1 is 1.18 bits per heavy atom. The van der Waals surface area contributed by atoms with Gasteiger partial charge >= 0.3 is 11.9 Å². The number of carbonyl (C=O) groups is 2. The molecule has 1 aromatic carbocycles. The van der Waals surface area contributed by atoms with Gasteiger partial charge < -0.3 is 14.9 Å². The number of rotatable bonds is 0. The molecule has 0 unspecified atom stereocenters. The number of carboxylic acids is 2. The smallest absolute Gasteiger partial charge is 0.414 e. The van der Waals surface area contributed by atoms with Crippen molar-refractivity contribution < 1.29 is 24.5 Å². The second-order valence-corrected chi connectivity index (χ2v) is 3.20. The molecule has 1 aromatic rings. The minimum atomic E-state index is -1.82. The van der Waals surface area contributed by atoms with Crippen molar-refractivity contribution in [3.63, 3.8) is 0 Å². The number of aliphatic carboxylic acids is 2. The molecule has 0 saturated heterocycles. The molecule has 6 heteroatoms. The molecule has 0 saturated carbocycles. The fourth-order valence-electron chi connectivity index (χ4n) is 1.24. The molecule has 2 N–H and O–H groups in total. The van der Waals surface area contributed by atoms with Crippen molar-refractivity contribution in [3.8, 4) is 6.07 Å². The molecule has 6 nitrogen and oxygen atoms in total. The Labute approximate surface area is 96.7 Å². The second-order valence-electron chi connectivity index (χ2n) is 3.20. The number of fused-ring (bicyclic) bond motifs is 1. The first kappa shape index (κ1) is 12.7. The Morgan fingerprint density at radius 3 is 2.29 bits per heavy atom. The van der Waals surface area contributed by atoms with Gasteiger partial charge in [0.05, 0.1) is 24.8 Å². The molecule has 2 rings (SSSR count). The minimum Gasteiger partial charge on any atom is -0.473 e. The van der Waals surface area contributed by atoms with E-state index in [-0.39, 0.29) is 0 Å². The van der Waals surface area contributed by atoms with Gasteiger partial charge in [-0.3, -0.25) is 0 Å². The van der Waals surface area contributed by atoms with Crippen molar-refractivity contribution in [2.24, 2.45) is 0 Å². The van der Waals surface area contributed by atoms with Crippen LogP contribution in [0.25, 0.3) is 0 Å². The highest BCUT2D eigenvalue weighted by atomic mass is 16.5. The fourth-order valence-corrected chi connectivity index (χ4v) is 1.24. The molecule has 1 aliphatic rings. The molecule has 0 fully saturated rings. The summed E-state index contributed by atoms with van der Waals surface area (Å²) in [5, 5.41) is 23.4. The van der Waals surface area contributed by atoms with E-state index in [2.05, 4.69) is 6.07 Å². The van der Waals surface area contributed by atoms with E-state index in [0.29, 0.717) is 18.8 Å². The van der Waals surface area contributed by atoms with E-state index in [9.17, 15) is 0 Å². The maximum absolute atomic E-state index is 9.10. The Bertz CT molecular complexity index is 477. The lowest BCUT2D eigenvalue weighted by atomic mass is 10.1. The van der Waals surface area contributed by atoms with Gasteiger partial charge in [0.2, 0.25) is 0 Å². The van der Waals surface area contributed by atoms with Crippen LogP contribution in [0.4, 0.5) is 0 Å². The predicted molar refractivity (Wildman–Crippen MR) is 54.9 cm³/mol. The summed E-state index contributed by atoms with van der Waals surface area (Å²) in [5.74, 6) is -3.65. The van der Waals surface area contributed by atoms with Crippen LogP contribution in [0.2, 0.25) is 0 Å². The average Bonchev–Trinajstić information content (AvgIpc) is 2.76. The van der Waals surface area contributed by atoms with Crippen molar-refractivity contribution in [1.82, 2.24) is 0 Å².